The Morgan fingerprint density at radius 3 is 2.69 bits per heavy atom. The SMILES string of the molecule is CC(C)C(N)c1cc(F)c[nH]c1=O. The van der Waals surface area contributed by atoms with Gasteiger partial charge >= 0.3 is 0 Å². The van der Waals surface area contributed by atoms with Gasteiger partial charge in [0.1, 0.15) is 5.82 Å². The average Bonchev–Trinajstić information content (AvgIpc) is 2.08. The van der Waals surface area contributed by atoms with Crippen LogP contribution in [-0.4, -0.2) is 4.98 Å². The maximum absolute atomic E-state index is 12.7. The van der Waals surface area contributed by atoms with Gasteiger partial charge in [0, 0.05) is 17.8 Å². The van der Waals surface area contributed by atoms with Gasteiger partial charge in [0.05, 0.1) is 0 Å². The van der Waals surface area contributed by atoms with Gasteiger partial charge in [-0.3, -0.25) is 4.79 Å². The quantitative estimate of drug-likeness (QED) is 0.724. The van der Waals surface area contributed by atoms with Gasteiger partial charge < -0.3 is 10.7 Å². The Labute approximate surface area is 75.8 Å². The predicted molar refractivity (Wildman–Crippen MR) is 48.8 cm³/mol. The minimum atomic E-state index is -0.467. The third-order valence-corrected chi connectivity index (χ3v) is 1.97. The first-order valence-corrected chi connectivity index (χ1v) is 4.16. The summed E-state index contributed by atoms with van der Waals surface area (Å²) in [5.41, 5.74) is 5.70. The van der Waals surface area contributed by atoms with E-state index < -0.39 is 11.9 Å². The van der Waals surface area contributed by atoms with Gasteiger partial charge in [-0.2, -0.15) is 0 Å². The van der Waals surface area contributed by atoms with Crippen molar-refractivity contribution in [2.45, 2.75) is 19.9 Å². The number of H-pyrrole nitrogens is 1. The van der Waals surface area contributed by atoms with Crippen molar-refractivity contribution in [3.63, 3.8) is 0 Å². The monoisotopic (exact) mass is 184 g/mol. The Bertz CT molecular complexity index is 346. The van der Waals surface area contributed by atoms with Gasteiger partial charge in [-0.05, 0) is 12.0 Å². The second-order valence-electron chi connectivity index (χ2n) is 3.37. The van der Waals surface area contributed by atoms with Crippen molar-refractivity contribution in [1.82, 2.24) is 4.98 Å². The van der Waals surface area contributed by atoms with Crippen molar-refractivity contribution < 1.29 is 4.39 Å². The van der Waals surface area contributed by atoms with E-state index in [1.54, 1.807) is 0 Å². The molecule has 1 rings (SSSR count). The second kappa shape index (κ2) is 3.70. The lowest BCUT2D eigenvalue weighted by molar-refractivity contribution is 0.504. The topological polar surface area (TPSA) is 58.9 Å². The third-order valence-electron chi connectivity index (χ3n) is 1.97. The molecule has 0 amide bonds. The standard InChI is InChI=1S/C9H13FN2O/c1-5(2)8(11)7-3-6(10)4-12-9(7)13/h3-5,8H,11H2,1-2H3,(H,12,13). The lowest BCUT2D eigenvalue weighted by Gasteiger charge is -2.14. The zero-order valence-electron chi connectivity index (χ0n) is 7.67. The highest BCUT2D eigenvalue weighted by atomic mass is 19.1. The summed E-state index contributed by atoms with van der Waals surface area (Å²) in [7, 11) is 0. The Morgan fingerprint density at radius 2 is 2.15 bits per heavy atom. The molecule has 1 aromatic rings. The van der Waals surface area contributed by atoms with Crippen LogP contribution in [0.2, 0.25) is 0 Å². The minimum absolute atomic E-state index is 0.114. The first-order valence-electron chi connectivity index (χ1n) is 4.16. The number of pyridine rings is 1. The molecular formula is C9H13FN2O. The first kappa shape index (κ1) is 9.92. The molecule has 4 heteroatoms. The molecule has 0 saturated carbocycles. The van der Waals surface area contributed by atoms with Crippen LogP contribution < -0.4 is 11.3 Å². The summed E-state index contributed by atoms with van der Waals surface area (Å²) in [6.07, 6.45) is 1.03. The molecule has 0 aromatic carbocycles. The number of hydrogen-bond acceptors (Lipinski definition) is 2. The van der Waals surface area contributed by atoms with Crippen molar-refractivity contribution in [1.29, 1.82) is 0 Å². The van der Waals surface area contributed by atoms with E-state index in [2.05, 4.69) is 4.98 Å². The lowest BCUT2D eigenvalue weighted by Crippen LogP contribution is -2.25. The third kappa shape index (κ3) is 2.15. The molecule has 0 aliphatic heterocycles. The Balaban J connectivity index is 3.13. The van der Waals surface area contributed by atoms with Crippen LogP contribution in [0.15, 0.2) is 17.1 Å². The minimum Gasteiger partial charge on any atom is -0.326 e. The van der Waals surface area contributed by atoms with Crippen LogP contribution in [0.4, 0.5) is 4.39 Å². The van der Waals surface area contributed by atoms with E-state index in [1.165, 1.54) is 6.07 Å². The molecule has 3 nitrogen and oxygen atoms in total. The molecule has 0 fully saturated rings. The second-order valence-corrected chi connectivity index (χ2v) is 3.37. The fourth-order valence-electron chi connectivity index (χ4n) is 1.08. The highest BCUT2D eigenvalue weighted by Gasteiger charge is 2.14. The van der Waals surface area contributed by atoms with Gasteiger partial charge in [-0.15, -0.1) is 0 Å². The van der Waals surface area contributed by atoms with Crippen LogP contribution in [0.3, 0.4) is 0 Å². The van der Waals surface area contributed by atoms with Crippen molar-refractivity contribution in [2.24, 2.45) is 11.7 Å². The van der Waals surface area contributed by atoms with E-state index in [0.717, 1.165) is 6.20 Å². The molecule has 1 heterocycles. The van der Waals surface area contributed by atoms with Crippen molar-refractivity contribution in [2.75, 3.05) is 0 Å². The Hall–Kier alpha value is -1.16. The number of nitrogens with two attached hydrogens (primary N) is 1. The average molecular weight is 184 g/mol. The summed E-state index contributed by atoms with van der Waals surface area (Å²) in [6.45, 7) is 3.77. The molecule has 0 spiro atoms. The van der Waals surface area contributed by atoms with E-state index in [9.17, 15) is 9.18 Å². The van der Waals surface area contributed by atoms with Crippen LogP contribution in [0.1, 0.15) is 25.5 Å². The zero-order valence-corrected chi connectivity index (χ0v) is 7.67. The molecule has 0 saturated heterocycles. The highest BCUT2D eigenvalue weighted by molar-refractivity contribution is 5.15. The molecular weight excluding hydrogens is 171 g/mol. The molecule has 0 bridgehead atoms. The number of rotatable bonds is 2. The molecule has 1 atom stereocenters. The molecule has 1 unspecified atom stereocenters. The van der Waals surface area contributed by atoms with Gasteiger partial charge in [-0.25, -0.2) is 4.39 Å². The maximum atomic E-state index is 12.7. The summed E-state index contributed by atoms with van der Waals surface area (Å²) in [5.74, 6) is -0.353. The molecule has 0 radical (unpaired) electrons. The zero-order chi connectivity index (χ0) is 10.0. The van der Waals surface area contributed by atoms with Gasteiger partial charge in [-0.1, -0.05) is 13.8 Å². The van der Waals surface area contributed by atoms with Gasteiger partial charge in [0.25, 0.3) is 5.56 Å². The van der Waals surface area contributed by atoms with Crippen molar-refractivity contribution in [3.05, 3.63) is 34.0 Å². The van der Waals surface area contributed by atoms with Crippen LogP contribution in [-0.2, 0) is 0 Å². The Morgan fingerprint density at radius 1 is 1.54 bits per heavy atom. The van der Waals surface area contributed by atoms with Crippen LogP contribution >= 0.6 is 0 Å². The van der Waals surface area contributed by atoms with Crippen molar-refractivity contribution >= 4 is 0 Å². The first-order chi connectivity index (χ1) is 6.02. The van der Waals surface area contributed by atoms with E-state index in [4.69, 9.17) is 5.73 Å². The highest BCUT2D eigenvalue weighted by Crippen LogP contribution is 2.15. The van der Waals surface area contributed by atoms with E-state index in [0.29, 0.717) is 5.56 Å². The lowest BCUT2D eigenvalue weighted by atomic mass is 9.98. The number of nitrogens with one attached hydrogen (secondary N) is 1. The molecule has 0 aliphatic carbocycles. The largest absolute Gasteiger partial charge is 0.326 e. The molecule has 1 aromatic heterocycles. The number of aromatic amines is 1. The molecule has 3 N–H and O–H groups in total. The van der Waals surface area contributed by atoms with Gasteiger partial charge in [0.15, 0.2) is 0 Å². The number of halogens is 1. The fourth-order valence-corrected chi connectivity index (χ4v) is 1.08. The van der Waals surface area contributed by atoms with Crippen LogP contribution in [0.25, 0.3) is 0 Å². The molecule has 0 aliphatic rings. The van der Waals surface area contributed by atoms with E-state index in [1.807, 2.05) is 13.8 Å². The number of hydrogen-bond donors (Lipinski definition) is 2. The van der Waals surface area contributed by atoms with E-state index in [-0.39, 0.29) is 11.5 Å². The smallest absolute Gasteiger partial charge is 0.252 e. The molecule has 72 valence electrons. The number of aromatic nitrogens is 1. The maximum Gasteiger partial charge on any atom is 0.252 e. The van der Waals surface area contributed by atoms with Crippen LogP contribution in [0, 0.1) is 11.7 Å². The fraction of sp³-hybridized carbons (Fsp3) is 0.444. The summed E-state index contributed by atoms with van der Waals surface area (Å²) in [5, 5.41) is 0. The summed E-state index contributed by atoms with van der Waals surface area (Å²) in [6, 6.07) is 0.767. The van der Waals surface area contributed by atoms with Gasteiger partial charge in [0.2, 0.25) is 0 Å². The summed E-state index contributed by atoms with van der Waals surface area (Å²) in [4.78, 5) is 13.5. The normalized spacial score (nSPS) is 13.3. The predicted octanol–water partition coefficient (Wildman–Crippen LogP) is 1.17. The Kier molecular flexibility index (Phi) is 2.83. The molecule has 13 heavy (non-hydrogen) atoms. The summed E-state index contributed by atoms with van der Waals surface area (Å²) >= 11 is 0. The van der Waals surface area contributed by atoms with E-state index >= 15 is 0 Å². The van der Waals surface area contributed by atoms with Crippen molar-refractivity contribution in [3.8, 4) is 0 Å². The van der Waals surface area contributed by atoms with Crippen LogP contribution in [0.5, 0.6) is 0 Å². The summed E-state index contributed by atoms with van der Waals surface area (Å²) < 4.78 is 12.7.